The molecular formula is C16H26N2O2. The zero-order valence-corrected chi connectivity index (χ0v) is 12.8. The number of hydrogen-bond donors (Lipinski definition) is 2. The van der Waals surface area contributed by atoms with Gasteiger partial charge in [-0.2, -0.15) is 0 Å². The van der Waals surface area contributed by atoms with Crippen molar-refractivity contribution in [2.75, 3.05) is 5.32 Å². The quantitative estimate of drug-likeness (QED) is 0.805. The third kappa shape index (κ3) is 5.61. The van der Waals surface area contributed by atoms with E-state index in [4.69, 9.17) is 10.5 Å². The molecule has 1 aromatic carbocycles. The summed E-state index contributed by atoms with van der Waals surface area (Å²) in [6.45, 7) is 8.19. The molecule has 0 aromatic heterocycles. The van der Waals surface area contributed by atoms with Crippen molar-refractivity contribution in [3.05, 3.63) is 24.3 Å². The molecule has 0 bridgehead atoms. The molecular weight excluding hydrogens is 252 g/mol. The van der Waals surface area contributed by atoms with E-state index in [1.165, 1.54) is 0 Å². The fourth-order valence-electron chi connectivity index (χ4n) is 1.81. The molecule has 0 aliphatic carbocycles. The van der Waals surface area contributed by atoms with Gasteiger partial charge >= 0.3 is 0 Å². The van der Waals surface area contributed by atoms with Crippen LogP contribution in [-0.2, 0) is 4.79 Å². The average Bonchev–Trinajstić information content (AvgIpc) is 2.38. The summed E-state index contributed by atoms with van der Waals surface area (Å²) in [7, 11) is 0. The first-order valence-corrected chi connectivity index (χ1v) is 7.25. The minimum absolute atomic E-state index is 0.153. The predicted molar refractivity (Wildman–Crippen MR) is 82.9 cm³/mol. The summed E-state index contributed by atoms with van der Waals surface area (Å²) in [6.07, 6.45) is 1.77. The van der Waals surface area contributed by atoms with Crippen LogP contribution in [0.15, 0.2) is 24.3 Å². The molecule has 112 valence electrons. The van der Waals surface area contributed by atoms with Gasteiger partial charge in [0.15, 0.2) is 0 Å². The Morgan fingerprint density at radius 2 is 2.05 bits per heavy atom. The number of nitrogens with one attached hydrogen (secondary N) is 1. The van der Waals surface area contributed by atoms with Gasteiger partial charge in [-0.05, 0) is 37.8 Å². The average molecular weight is 278 g/mol. The fraction of sp³-hybridized carbons (Fsp3) is 0.562. The van der Waals surface area contributed by atoms with Gasteiger partial charge < -0.3 is 15.8 Å². The Morgan fingerprint density at radius 1 is 1.35 bits per heavy atom. The smallest absolute Gasteiger partial charge is 0.241 e. The standard InChI is InChI=1S/C16H26N2O2/c1-5-12(4)20-14-8-6-7-13(10-14)18-16(19)15(17)9-11(2)3/h6-8,10-12,15H,5,9,17H2,1-4H3,(H,18,19)/t12?,15-/m0/s1. The fourth-order valence-corrected chi connectivity index (χ4v) is 1.81. The van der Waals surface area contributed by atoms with Crippen LogP contribution in [0.25, 0.3) is 0 Å². The van der Waals surface area contributed by atoms with Crippen LogP contribution >= 0.6 is 0 Å². The van der Waals surface area contributed by atoms with Crippen molar-refractivity contribution in [1.82, 2.24) is 0 Å². The Kier molecular flexibility index (Phi) is 6.52. The van der Waals surface area contributed by atoms with Crippen molar-refractivity contribution in [3.8, 4) is 5.75 Å². The first kappa shape index (κ1) is 16.5. The second-order valence-electron chi connectivity index (χ2n) is 5.59. The van der Waals surface area contributed by atoms with E-state index in [-0.39, 0.29) is 12.0 Å². The number of rotatable bonds is 7. The van der Waals surface area contributed by atoms with E-state index in [0.717, 1.165) is 17.9 Å². The predicted octanol–water partition coefficient (Wildman–Crippen LogP) is 3.18. The summed E-state index contributed by atoms with van der Waals surface area (Å²) in [5, 5.41) is 2.83. The molecule has 1 unspecified atom stereocenters. The molecule has 2 atom stereocenters. The number of ether oxygens (including phenoxy) is 1. The van der Waals surface area contributed by atoms with Crippen LogP contribution in [0.2, 0.25) is 0 Å². The molecule has 0 aliphatic rings. The molecule has 0 fully saturated rings. The molecule has 0 heterocycles. The van der Waals surface area contributed by atoms with E-state index in [1.54, 1.807) is 0 Å². The van der Waals surface area contributed by atoms with Gasteiger partial charge in [0.2, 0.25) is 5.91 Å². The van der Waals surface area contributed by atoms with Crippen LogP contribution in [0.5, 0.6) is 5.75 Å². The van der Waals surface area contributed by atoms with Crippen LogP contribution in [0.3, 0.4) is 0 Å². The SMILES string of the molecule is CCC(C)Oc1cccc(NC(=O)[C@@H](N)CC(C)C)c1. The molecule has 1 rings (SSSR count). The highest BCUT2D eigenvalue weighted by molar-refractivity contribution is 5.94. The second kappa shape index (κ2) is 7.90. The molecule has 0 radical (unpaired) electrons. The molecule has 3 N–H and O–H groups in total. The lowest BCUT2D eigenvalue weighted by Gasteiger charge is -2.16. The maximum absolute atomic E-state index is 12.0. The molecule has 1 amide bonds. The Labute approximate surface area is 121 Å². The van der Waals surface area contributed by atoms with Gasteiger partial charge in [0.25, 0.3) is 0 Å². The molecule has 0 saturated heterocycles. The molecule has 20 heavy (non-hydrogen) atoms. The van der Waals surface area contributed by atoms with E-state index in [9.17, 15) is 4.79 Å². The first-order chi connectivity index (χ1) is 9.42. The van der Waals surface area contributed by atoms with Crippen LogP contribution in [-0.4, -0.2) is 18.1 Å². The van der Waals surface area contributed by atoms with Gasteiger partial charge in [-0.25, -0.2) is 0 Å². The highest BCUT2D eigenvalue weighted by Gasteiger charge is 2.15. The summed E-state index contributed by atoms with van der Waals surface area (Å²) >= 11 is 0. The van der Waals surface area contributed by atoms with E-state index >= 15 is 0 Å². The molecule has 0 aliphatic heterocycles. The molecule has 1 aromatic rings. The number of carbonyl (C=O) groups excluding carboxylic acids is 1. The number of hydrogen-bond acceptors (Lipinski definition) is 3. The number of nitrogens with two attached hydrogens (primary N) is 1. The van der Waals surface area contributed by atoms with Crippen molar-refractivity contribution in [2.45, 2.75) is 52.7 Å². The summed E-state index contributed by atoms with van der Waals surface area (Å²) in [4.78, 5) is 12.0. The number of amides is 1. The topological polar surface area (TPSA) is 64.3 Å². The first-order valence-electron chi connectivity index (χ1n) is 7.25. The zero-order chi connectivity index (χ0) is 15.1. The lowest BCUT2D eigenvalue weighted by Crippen LogP contribution is -2.36. The van der Waals surface area contributed by atoms with Gasteiger partial charge in [-0.1, -0.05) is 26.8 Å². The number of carbonyl (C=O) groups is 1. The summed E-state index contributed by atoms with van der Waals surface area (Å²) in [5.41, 5.74) is 6.58. The van der Waals surface area contributed by atoms with Crippen molar-refractivity contribution in [3.63, 3.8) is 0 Å². The van der Waals surface area contributed by atoms with Gasteiger partial charge in [0.05, 0.1) is 12.1 Å². The Hall–Kier alpha value is -1.55. The molecule has 0 spiro atoms. The number of anilines is 1. The van der Waals surface area contributed by atoms with Gasteiger partial charge in [-0.3, -0.25) is 4.79 Å². The Balaban J connectivity index is 2.63. The van der Waals surface area contributed by atoms with Gasteiger partial charge in [-0.15, -0.1) is 0 Å². The zero-order valence-electron chi connectivity index (χ0n) is 12.8. The molecule has 4 nitrogen and oxygen atoms in total. The normalized spacial score (nSPS) is 13.9. The summed E-state index contributed by atoms with van der Waals surface area (Å²) < 4.78 is 5.73. The minimum Gasteiger partial charge on any atom is -0.491 e. The van der Waals surface area contributed by atoms with Crippen LogP contribution < -0.4 is 15.8 Å². The van der Waals surface area contributed by atoms with Gasteiger partial charge in [0, 0.05) is 11.8 Å². The van der Waals surface area contributed by atoms with Crippen LogP contribution in [0.4, 0.5) is 5.69 Å². The third-order valence-corrected chi connectivity index (χ3v) is 3.08. The highest BCUT2D eigenvalue weighted by Crippen LogP contribution is 2.19. The van der Waals surface area contributed by atoms with Crippen molar-refractivity contribution in [2.24, 2.45) is 11.7 Å². The van der Waals surface area contributed by atoms with Crippen LogP contribution in [0, 0.1) is 5.92 Å². The summed E-state index contributed by atoms with van der Waals surface area (Å²) in [5.74, 6) is 1.00. The largest absolute Gasteiger partial charge is 0.491 e. The van der Waals surface area contributed by atoms with Crippen LogP contribution in [0.1, 0.15) is 40.5 Å². The maximum atomic E-state index is 12.0. The lowest BCUT2D eigenvalue weighted by molar-refractivity contribution is -0.117. The van der Waals surface area contributed by atoms with Crippen molar-refractivity contribution < 1.29 is 9.53 Å². The number of benzene rings is 1. The van der Waals surface area contributed by atoms with E-state index < -0.39 is 6.04 Å². The third-order valence-electron chi connectivity index (χ3n) is 3.08. The van der Waals surface area contributed by atoms with E-state index in [0.29, 0.717) is 12.3 Å². The van der Waals surface area contributed by atoms with Crippen molar-refractivity contribution in [1.29, 1.82) is 0 Å². The monoisotopic (exact) mass is 278 g/mol. The Morgan fingerprint density at radius 3 is 2.65 bits per heavy atom. The second-order valence-corrected chi connectivity index (χ2v) is 5.59. The summed E-state index contributed by atoms with van der Waals surface area (Å²) in [6, 6.07) is 6.93. The minimum atomic E-state index is -0.478. The van der Waals surface area contributed by atoms with E-state index in [2.05, 4.69) is 12.2 Å². The molecule has 0 saturated carbocycles. The molecule has 4 heteroatoms. The highest BCUT2D eigenvalue weighted by atomic mass is 16.5. The lowest BCUT2D eigenvalue weighted by atomic mass is 10.0. The maximum Gasteiger partial charge on any atom is 0.241 e. The van der Waals surface area contributed by atoms with E-state index in [1.807, 2.05) is 45.0 Å². The van der Waals surface area contributed by atoms with Gasteiger partial charge in [0.1, 0.15) is 5.75 Å². The van der Waals surface area contributed by atoms with Crippen molar-refractivity contribution >= 4 is 11.6 Å². The Bertz CT molecular complexity index is 432.